The molecule has 98 valence electrons. The molecule has 0 spiro atoms. The molecule has 0 radical (unpaired) electrons. The Morgan fingerprint density at radius 3 is 2.79 bits per heavy atom. The molecule has 0 aromatic heterocycles. The summed E-state index contributed by atoms with van der Waals surface area (Å²) in [6.45, 7) is 7.73. The number of hydrogen-bond donors (Lipinski definition) is 0. The van der Waals surface area contributed by atoms with E-state index in [9.17, 15) is 4.79 Å². The van der Waals surface area contributed by atoms with E-state index in [-0.39, 0.29) is 17.3 Å². The number of benzene rings is 1. The maximum absolute atomic E-state index is 12.0. The van der Waals surface area contributed by atoms with Gasteiger partial charge in [0.15, 0.2) is 5.78 Å². The van der Waals surface area contributed by atoms with E-state index in [1.165, 1.54) is 0 Å². The molecular formula is C16H17NO2. The van der Waals surface area contributed by atoms with Crippen LogP contribution in [0.1, 0.15) is 44.7 Å². The second-order valence-electron chi connectivity index (χ2n) is 5.77. The number of fused-ring (bicyclic) bond motifs is 2. The number of ketones is 1. The number of carbonyl (C=O) groups is 1. The summed E-state index contributed by atoms with van der Waals surface area (Å²) < 4.78 is 5.95. The van der Waals surface area contributed by atoms with E-state index in [1.807, 2.05) is 39.0 Å². The Morgan fingerprint density at radius 1 is 1.32 bits per heavy atom. The molecule has 2 heterocycles. The van der Waals surface area contributed by atoms with Crippen LogP contribution in [0.2, 0.25) is 0 Å². The molecule has 1 aromatic rings. The van der Waals surface area contributed by atoms with Crippen LogP contribution in [0, 0.1) is 0 Å². The molecule has 0 saturated heterocycles. The lowest BCUT2D eigenvalue weighted by Crippen LogP contribution is -2.28. The van der Waals surface area contributed by atoms with E-state index in [1.54, 1.807) is 6.92 Å². The minimum atomic E-state index is -0.303. The van der Waals surface area contributed by atoms with E-state index in [4.69, 9.17) is 4.74 Å². The van der Waals surface area contributed by atoms with Gasteiger partial charge in [-0.3, -0.25) is 4.79 Å². The zero-order valence-electron chi connectivity index (χ0n) is 11.7. The molecule has 0 saturated carbocycles. The fourth-order valence-corrected chi connectivity index (χ4v) is 2.56. The van der Waals surface area contributed by atoms with E-state index < -0.39 is 0 Å². The topological polar surface area (TPSA) is 38.7 Å². The van der Waals surface area contributed by atoms with Crippen LogP contribution >= 0.6 is 0 Å². The molecule has 1 unspecified atom stereocenters. The molecule has 0 N–H and O–H groups in total. The van der Waals surface area contributed by atoms with Crippen molar-refractivity contribution >= 4 is 23.3 Å². The van der Waals surface area contributed by atoms with Gasteiger partial charge in [0.1, 0.15) is 11.4 Å². The average molecular weight is 255 g/mol. The van der Waals surface area contributed by atoms with Crippen LogP contribution in [-0.4, -0.2) is 17.1 Å². The van der Waals surface area contributed by atoms with Crippen LogP contribution in [0.15, 0.2) is 23.2 Å². The summed E-state index contributed by atoms with van der Waals surface area (Å²) in [7, 11) is 0. The van der Waals surface area contributed by atoms with Crippen molar-refractivity contribution in [3.63, 3.8) is 0 Å². The summed E-state index contributed by atoms with van der Waals surface area (Å²) >= 11 is 0. The van der Waals surface area contributed by atoms with Gasteiger partial charge in [0.05, 0.1) is 11.4 Å². The average Bonchev–Trinajstić information content (AvgIpc) is 2.34. The number of rotatable bonds is 0. The van der Waals surface area contributed by atoms with Gasteiger partial charge in [0, 0.05) is 11.5 Å². The summed E-state index contributed by atoms with van der Waals surface area (Å²) in [5, 5.41) is 0. The van der Waals surface area contributed by atoms with E-state index in [0.717, 1.165) is 22.6 Å². The standard InChI is InChI=1S/C16H17NO2/c1-9-12-8-14-11(5-6-16(3,4)19-14)7-13(12)17-10(2)15(9)18/h5-9H,1-4H3. The normalized spacial score (nSPS) is 23.3. The van der Waals surface area contributed by atoms with Gasteiger partial charge < -0.3 is 4.74 Å². The largest absolute Gasteiger partial charge is 0.483 e. The SMILES string of the molecule is CC1=Nc2cc3c(cc2C(C)C1=O)OC(C)(C)C=C3. The summed E-state index contributed by atoms with van der Waals surface area (Å²) in [5.41, 5.74) is 3.15. The highest BCUT2D eigenvalue weighted by atomic mass is 16.5. The summed E-state index contributed by atoms with van der Waals surface area (Å²) in [5.74, 6) is 0.786. The minimum absolute atomic E-state index is 0.0954. The van der Waals surface area contributed by atoms with Gasteiger partial charge in [-0.25, -0.2) is 4.99 Å². The Morgan fingerprint density at radius 2 is 2.05 bits per heavy atom. The lowest BCUT2D eigenvalue weighted by molar-refractivity contribution is -0.114. The van der Waals surface area contributed by atoms with Crippen molar-refractivity contribution in [2.24, 2.45) is 4.99 Å². The van der Waals surface area contributed by atoms with Gasteiger partial charge in [-0.1, -0.05) is 13.0 Å². The molecule has 1 atom stereocenters. The van der Waals surface area contributed by atoms with Crippen LogP contribution < -0.4 is 4.74 Å². The van der Waals surface area contributed by atoms with E-state index in [0.29, 0.717) is 5.71 Å². The summed E-state index contributed by atoms with van der Waals surface area (Å²) in [6, 6.07) is 3.97. The van der Waals surface area contributed by atoms with Crippen molar-refractivity contribution in [3.8, 4) is 5.75 Å². The molecule has 0 bridgehead atoms. The smallest absolute Gasteiger partial charge is 0.183 e. The lowest BCUT2D eigenvalue weighted by Gasteiger charge is -2.29. The fraction of sp³-hybridized carbons (Fsp3) is 0.375. The molecular weight excluding hydrogens is 238 g/mol. The number of hydrogen-bond acceptors (Lipinski definition) is 3. The zero-order valence-corrected chi connectivity index (χ0v) is 11.7. The van der Waals surface area contributed by atoms with Crippen molar-refractivity contribution in [3.05, 3.63) is 29.3 Å². The Bertz CT molecular complexity index is 638. The molecule has 0 aliphatic carbocycles. The quantitative estimate of drug-likeness (QED) is 0.709. The second kappa shape index (κ2) is 3.80. The predicted octanol–water partition coefficient (Wildman–Crippen LogP) is 3.65. The van der Waals surface area contributed by atoms with Crippen LogP contribution in [-0.2, 0) is 4.79 Å². The maximum Gasteiger partial charge on any atom is 0.183 e. The monoisotopic (exact) mass is 255 g/mol. The highest BCUT2D eigenvalue weighted by Gasteiger charge is 2.29. The Hall–Kier alpha value is -1.90. The van der Waals surface area contributed by atoms with Gasteiger partial charge in [-0.15, -0.1) is 0 Å². The molecule has 0 amide bonds. The molecule has 3 heteroatoms. The Labute approximate surface area is 113 Å². The molecule has 2 aliphatic rings. The van der Waals surface area contributed by atoms with Crippen molar-refractivity contribution in [1.29, 1.82) is 0 Å². The van der Waals surface area contributed by atoms with Crippen molar-refractivity contribution in [1.82, 2.24) is 0 Å². The van der Waals surface area contributed by atoms with Gasteiger partial charge >= 0.3 is 0 Å². The van der Waals surface area contributed by atoms with Crippen molar-refractivity contribution < 1.29 is 9.53 Å². The first-order chi connectivity index (χ1) is 8.87. The van der Waals surface area contributed by atoms with Gasteiger partial charge in [0.25, 0.3) is 0 Å². The molecule has 2 aliphatic heterocycles. The van der Waals surface area contributed by atoms with Crippen LogP contribution in [0.5, 0.6) is 5.75 Å². The molecule has 3 rings (SSSR count). The van der Waals surface area contributed by atoms with Crippen LogP contribution in [0.3, 0.4) is 0 Å². The third-order valence-electron chi connectivity index (χ3n) is 3.70. The lowest BCUT2D eigenvalue weighted by atomic mass is 9.88. The second-order valence-corrected chi connectivity index (χ2v) is 5.77. The number of carbonyl (C=O) groups excluding carboxylic acids is 1. The Balaban J connectivity index is 2.17. The number of Topliss-reactive ketones (excluding diaryl/α,β-unsaturated/α-hetero) is 1. The van der Waals surface area contributed by atoms with Crippen molar-refractivity contribution in [2.45, 2.75) is 39.2 Å². The molecule has 3 nitrogen and oxygen atoms in total. The number of ether oxygens (including phenoxy) is 1. The van der Waals surface area contributed by atoms with Crippen molar-refractivity contribution in [2.75, 3.05) is 0 Å². The number of aliphatic imine (C=N–C) groups is 1. The highest BCUT2D eigenvalue weighted by Crippen LogP contribution is 2.40. The summed E-state index contributed by atoms with van der Waals surface area (Å²) in [6.07, 6.45) is 4.10. The number of nitrogens with zero attached hydrogens (tertiary/aromatic N) is 1. The first-order valence-corrected chi connectivity index (χ1v) is 6.53. The first-order valence-electron chi connectivity index (χ1n) is 6.53. The molecule has 1 aromatic carbocycles. The minimum Gasteiger partial charge on any atom is -0.483 e. The van der Waals surface area contributed by atoms with Crippen LogP contribution in [0.4, 0.5) is 5.69 Å². The predicted molar refractivity (Wildman–Crippen MR) is 76.4 cm³/mol. The zero-order chi connectivity index (χ0) is 13.8. The van der Waals surface area contributed by atoms with Gasteiger partial charge in [-0.2, -0.15) is 0 Å². The Kier molecular flexibility index (Phi) is 2.43. The highest BCUT2D eigenvalue weighted by molar-refractivity contribution is 6.42. The molecule has 19 heavy (non-hydrogen) atoms. The maximum atomic E-state index is 12.0. The van der Waals surface area contributed by atoms with Gasteiger partial charge in [0.2, 0.25) is 0 Å². The third-order valence-corrected chi connectivity index (χ3v) is 3.70. The summed E-state index contributed by atoms with van der Waals surface area (Å²) in [4.78, 5) is 16.4. The van der Waals surface area contributed by atoms with E-state index >= 15 is 0 Å². The molecule has 0 fully saturated rings. The third kappa shape index (κ3) is 1.89. The first kappa shape index (κ1) is 12.2. The van der Waals surface area contributed by atoms with Gasteiger partial charge in [-0.05, 0) is 44.5 Å². The fourth-order valence-electron chi connectivity index (χ4n) is 2.56. The van der Waals surface area contributed by atoms with E-state index in [2.05, 4.69) is 11.1 Å². The van der Waals surface area contributed by atoms with Crippen LogP contribution in [0.25, 0.3) is 6.08 Å².